The highest BCUT2D eigenvalue weighted by Gasteiger charge is 2.39. The van der Waals surface area contributed by atoms with Gasteiger partial charge in [-0.05, 0) is 73.2 Å². The van der Waals surface area contributed by atoms with Crippen LogP contribution >= 0.6 is 11.6 Å². The van der Waals surface area contributed by atoms with Crippen LogP contribution in [0.25, 0.3) is 0 Å². The SMILES string of the molecule is O=C1CCC(N2Cc3cc(C4CCN(Cc5ccc(F)c(Cl)c5)CC4)ccc3C2=O)C(=O)N1. The largest absolute Gasteiger partial charge is 0.322 e. The molecule has 5 rings (SSSR count). The number of rotatable bonds is 4. The number of halogens is 2. The summed E-state index contributed by atoms with van der Waals surface area (Å²) >= 11 is 5.91. The minimum Gasteiger partial charge on any atom is -0.322 e. The van der Waals surface area contributed by atoms with Crippen molar-refractivity contribution < 1.29 is 18.8 Å². The fourth-order valence-electron chi connectivity index (χ4n) is 5.17. The number of amides is 3. The Hall–Kier alpha value is -2.77. The normalized spacial score (nSPS) is 21.9. The van der Waals surface area contributed by atoms with E-state index in [0.29, 0.717) is 24.4 Å². The zero-order chi connectivity index (χ0) is 23.1. The van der Waals surface area contributed by atoms with Gasteiger partial charge in [-0.1, -0.05) is 29.8 Å². The number of nitrogens with one attached hydrogen (secondary N) is 1. The maximum Gasteiger partial charge on any atom is 0.255 e. The molecule has 1 unspecified atom stereocenters. The number of benzene rings is 2. The molecule has 0 aromatic heterocycles. The van der Waals surface area contributed by atoms with E-state index in [0.717, 1.165) is 43.6 Å². The summed E-state index contributed by atoms with van der Waals surface area (Å²) in [6.45, 7) is 3.00. The lowest BCUT2D eigenvalue weighted by Gasteiger charge is -2.32. The van der Waals surface area contributed by atoms with E-state index >= 15 is 0 Å². The second-order valence-electron chi connectivity index (χ2n) is 9.12. The van der Waals surface area contributed by atoms with Gasteiger partial charge in [-0.25, -0.2) is 4.39 Å². The Bertz CT molecular complexity index is 1130. The molecular formula is C25H25ClFN3O3. The summed E-state index contributed by atoms with van der Waals surface area (Å²) in [6, 6.07) is 10.3. The highest BCUT2D eigenvalue weighted by Crippen LogP contribution is 2.34. The van der Waals surface area contributed by atoms with Gasteiger partial charge < -0.3 is 4.90 Å². The molecule has 0 aliphatic carbocycles. The molecule has 3 aliphatic rings. The standard InChI is InChI=1S/C25H25ClFN3O3/c26-20-11-15(1-4-21(20)27)13-29-9-7-16(8-10-29)17-2-3-19-18(12-17)14-30(25(19)33)22-5-6-23(31)28-24(22)32/h1-4,11-12,16,22H,5-10,13-14H2,(H,28,31,32). The van der Waals surface area contributed by atoms with Crippen molar-refractivity contribution in [1.29, 1.82) is 0 Å². The first-order valence-corrected chi connectivity index (χ1v) is 11.7. The predicted octanol–water partition coefficient (Wildman–Crippen LogP) is 3.62. The first kappa shape index (κ1) is 22.0. The maximum absolute atomic E-state index is 13.4. The number of nitrogens with zero attached hydrogens (tertiary/aromatic N) is 2. The van der Waals surface area contributed by atoms with Gasteiger partial charge in [0.1, 0.15) is 11.9 Å². The van der Waals surface area contributed by atoms with Crippen LogP contribution in [0.5, 0.6) is 0 Å². The van der Waals surface area contributed by atoms with Crippen molar-refractivity contribution in [2.75, 3.05) is 13.1 Å². The lowest BCUT2D eigenvalue weighted by molar-refractivity contribution is -0.136. The summed E-state index contributed by atoms with van der Waals surface area (Å²) in [6.07, 6.45) is 2.62. The van der Waals surface area contributed by atoms with Gasteiger partial charge in [0.15, 0.2) is 0 Å². The second-order valence-corrected chi connectivity index (χ2v) is 9.52. The first-order chi connectivity index (χ1) is 15.9. The van der Waals surface area contributed by atoms with Crippen molar-refractivity contribution in [3.8, 4) is 0 Å². The average Bonchev–Trinajstić information content (AvgIpc) is 3.12. The number of carbonyl (C=O) groups is 3. The molecule has 0 bridgehead atoms. The van der Waals surface area contributed by atoms with E-state index in [2.05, 4.69) is 16.3 Å². The maximum atomic E-state index is 13.4. The summed E-state index contributed by atoms with van der Waals surface area (Å²) in [5.41, 5.74) is 3.82. The number of hydrogen-bond acceptors (Lipinski definition) is 4. The number of fused-ring (bicyclic) bond motifs is 1. The Morgan fingerprint density at radius 1 is 1.03 bits per heavy atom. The molecule has 2 aromatic rings. The van der Waals surface area contributed by atoms with E-state index in [-0.39, 0.29) is 29.2 Å². The van der Waals surface area contributed by atoms with Gasteiger partial charge in [0.05, 0.1) is 5.02 Å². The van der Waals surface area contributed by atoms with Crippen LogP contribution in [0.4, 0.5) is 4.39 Å². The monoisotopic (exact) mass is 469 g/mol. The third-order valence-electron chi connectivity index (χ3n) is 7.00. The molecular weight excluding hydrogens is 445 g/mol. The van der Waals surface area contributed by atoms with E-state index in [1.165, 1.54) is 11.6 Å². The molecule has 172 valence electrons. The molecule has 3 heterocycles. The lowest BCUT2D eigenvalue weighted by atomic mass is 9.87. The molecule has 1 N–H and O–H groups in total. The molecule has 33 heavy (non-hydrogen) atoms. The van der Waals surface area contributed by atoms with Gasteiger partial charge in [-0.15, -0.1) is 0 Å². The van der Waals surface area contributed by atoms with Gasteiger partial charge in [-0.2, -0.15) is 0 Å². The summed E-state index contributed by atoms with van der Waals surface area (Å²) in [4.78, 5) is 40.5. The molecule has 2 saturated heterocycles. The molecule has 2 aromatic carbocycles. The van der Waals surface area contributed by atoms with Crippen LogP contribution in [0.2, 0.25) is 5.02 Å². The topological polar surface area (TPSA) is 69.7 Å². The molecule has 2 fully saturated rings. The van der Waals surface area contributed by atoms with Crippen molar-refractivity contribution in [1.82, 2.24) is 15.1 Å². The highest BCUT2D eigenvalue weighted by molar-refractivity contribution is 6.30. The molecule has 6 nitrogen and oxygen atoms in total. The molecule has 3 aliphatic heterocycles. The molecule has 0 radical (unpaired) electrons. The number of carbonyl (C=O) groups excluding carboxylic acids is 3. The fourth-order valence-corrected chi connectivity index (χ4v) is 5.37. The Kier molecular flexibility index (Phi) is 5.93. The third-order valence-corrected chi connectivity index (χ3v) is 7.29. The number of piperidine rings is 2. The highest BCUT2D eigenvalue weighted by atomic mass is 35.5. The van der Waals surface area contributed by atoms with Crippen molar-refractivity contribution >= 4 is 29.3 Å². The van der Waals surface area contributed by atoms with Gasteiger partial charge in [0.25, 0.3) is 5.91 Å². The van der Waals surface area contributed by atoms with Crippen molar-refractivity contribution in [2.24, 2.45) is 0 Å². The van der Waals surface area contributed by atoms with E-state index in [9.17, 15) is 18.8 Å². The van der Waals surface area contributed by atoms with Crippen molar-refractivity contribution in [2.45, 2.75) is 50.7 Å². The Morgan fingerprint density at radius 3 is 2.55 bits per heavy atom. The van der Waals surface area contributed by atoms with Gasteiger partial charge in [0.2, 0.25) is 11.8 Å². The van der Waals surface area contributed by atoms with Crippen LogP contribution in [0, 0.1) is 5.82 Å². The van der Waals surface area contributed by atoms with Crippen LogP contribution in [0.3, 0.4) is 0 Å². The molecule has 0 saturated carbocycles. The quantitative estimate of drug-likeness (QED) is 0.694. The number of imide groups is 1. The molecule has 1 atom stereocenters. The predicted molar refractivity (Wildman–Crippen MR) is 121 cm³/mol. The van der Waals surface area contributed by atoms with E-state index in [1.807, 2.05) is 12.1 Å². The smallest absolute Gasteiger partial charge is 0.255 e. The van der Waals surface area contributed by atoms with E-state index in [4.69, 9.17) is 11.6 Å². The zero-order valence-corrected chi connectivity index (χ0v) is 18.9. The number of likely N-dealkylation sites (tertiary alicyclic amines) is 1. The summed E-state index contributed by atoms with van der Waals surface area (Å²) in [7, 11) is 0. The second kappa shape index (κ2) is 8.88. The van der Waals surface area contributed by atoms with Gasteiger partial charge >= 0.3 is 0 Å². The van der Waals surface area contributed by atoms with E-state index in [1.54, 1.807) is 17.0 Å². The average molecular weight is 470 g/mol. The third kappa shape index (κ3) is 4.39. The summed E-state index contributed by atoms with van der Waals surface area (Å²) in [5, 5.41) is 2.50. The van der Waals surface area contributed by atoms with Crippen LogP contribution in [-0.4, -0.2) is 46.7 Å². The van der Waals surface area contributed by atoms with Crippen LogP contribution in [-0.2, 0) is 22.7 Å². The zero-order valence-electron chi connectivity index (χ0n) is 18.2. The number of hydrogen-bond donors (Lipinski definition) is 1. The van der Waals surface area contributed by atoms with Crippen LogP contribution in [0.1, 0.15) is 58.6 Å². The van der Waals surface area contributed by atoms with Gasteiger partial charge in [-0.3, -0.25) is 24.6 Å². The minimum atomic E-state index is -0.589. The van der Waals surface area contributed by atoms with Gasteiger partial charge in [0, 0.05) is 25.1 Å². The molecule has 3 amide bonds. The summed E-state index contributed by atoms with van der Waals surface area (Å²) in [5.74, 6) is -0.800. The van der Waals surface area contributed by atoms with Crippen LogP contribution < -0.4 is 5.32 Å². The first-order valence-electron chi connectivity index (χ1n) is 11.3. The summed E-state index contributed by atoms with van der Waals surface area (Å²) < 4.78 is 13.4. The van der Waals surface area contributed by atoms with Crippen molar-refractivity contribution in [3.05, 3.63) is 69.5 Å². The van der Waals surface area contributed by atoms with Crippen molar-refractivity contribution in [3.63, 3.8) is 0 Å². The molecule has 8 heteroatoms. The molecule has 0 spiro atoms. The Balaban J connectivity index is 1.22. The fraction of sp³-hybridized carbons (Fsp3) is 0.400. The Labute approximate surface area is 196 Å². The van der Waals surface area contributed by atoms with Crippen LogP contribution in [0.15, 0.2) is 36.4 Å². The lowest BCUT2D eigenvalue weighted by Crippen LogP contribution is -2.52. The van der Waals surface area contributed by atoms with E-state index < -0.39 is 11.9 Å². The minimum absolute atomic E-state index is 0.140. The Morgan fingerprint density at radius 2 is 1.82 bits per heavy atom.